The first-order chi connectivity index (χ1) is 9.97. The zero-order valence-corrected chi connectivity index (χ0v) is 14.2. The standard InChI is InChI=1S/C18H34N2O/c1-19(2)5-4-6-20(3)13-17(21)18-10-14-7-15(11-18)9-16(8-14)12-18/h14-17,21H,4-13H2,1-3H3. The number of likely N-dealkylation sites (N-methyl/N-ethyl adjacent to an activating group) is 1. The molecule has 21 heavy (non-hydrogen) atoms. The molecule has 0 saturated heterocycles. The van der Waals surface area contributed by atoms with Gasteiger partial charge in [0, 0.05) is 6.54 Å². The number of aliphatic hydroxyl groups excluding tert-OH is 1. The van der Waals surface area contributed by atoms with Gasteiger partial charge in [0.15, 0.2) is 0 Å². The first-order valence-electron chi connectivity index (χ1n) is 8.98. The first kappa shape index (κ1) is 15.8. The van der Waals surface area contributed by atoms with E-state index in [4.69, 9.17) is 0 Å². The van der Waals surface area contributed by atoms with E-state index in [1.807, 2.05) is 0 Å². The van der Waals surface area contributed by atoms with Crippen molar-refractivity contribution < 1.29 is 5.11 Å². The van der Waals surface area contributed by atoms with Crippen LogP contribution in [0.15, 0.2) is 0 Å². The normalized spacial score (nSPS) is 39.4. The van der Waals surface area contributed by atoms with Gasteiger partial charge in [0.2, 0.25) is 0 Å². The lowest BCUT2D eigenvalue weighted by atomic mass is 9.48. The van der Waals surface area contributed by atoms with Crippen LogP contribution in [-0.2, 0) is 0 Å². The summed E-state index contributed by atoms with van der Waals surface area (Å²) < 4.78 is 0. The summed E-state index contributed by atoms with van der Waals surface area (Å²) in [5, 5.41) is 10.9. The van der Waals surface area contributed by atoms with Crippen molar-refractivity contribution in [2.24, 2.45) is 23.2 Å². The summed E-state index contributed by atoms with van der Waals surface area (Å²) in [5.41, 5.74) is 0.282. The summed E-state index contributed by atoms with van der Waals surface area (Å²) in [6.07, 6.45) is 9.41. The fourth-order valence-corrected chi connectivity index (χ4v) is 5.82. The average molecular weight is 294 g/mol. The number of hydrogen-bond acceptors (Lipinski definition) is 3. The second-order valence-corrected chi connectivity index (χ2v) is 8.71. The van der Waals surface area contributed by atoms with E-state index in [1.165, 1.54) is 44.9 Å². The molecule has 4 rings (SSSR count). The molecule has 4 bridgehead atoms. The highest BCUT2D eigenvalue weighted by Gasteiger charge is 2.53. The first-order valence-corrected chi connectivity index (χ1v) is 8.98. The van der Waals surface area contributed by atoms with Gasteiger partial charge in [-0.25, -0.2) is 0 Å². The van der Waals surface area contributed by atoms with Crippen LogP contribution < -0.4 is 0 Å². The summed E-state index contributed by atoms with van der Waals surface area (Å²) in [7, 11) is 6.44. The fourth-order valence-electron chi connectivity index (χ4n) is 5.82. The van der Waals surface area contributed by atoms with E-state index >= 15 is 0 Å². The van der Waals surface area contributed by atoms with Gasteiger partial charge in [-0.3, -0.25) is 0 Å². The van der Waals surface area contributed by atoms with Gasteiger partial charge in [0.1, 0.15) is 0 Å². The van der Waals surface area contributed by atoms with Gasteiger partial charge >= 0.3 is 0 Å². The van der Waals surface area contributed by atoms with Crippen molar-refractivity contribution in [1.82, 2.24) is 9.80 Å². The van der Waals surface area contributed by atoms with Crippen LogP contribution >= 0.6 is 0 Å². The molecule has 0 aliphatic heterocycles. The summed E-state index contributed by atoms with van der Waals surface area (Å²) in [6.45, 7) is 3.11. The van der Waals surface area contributed by atoms with Crippen molar-refractivity contribution in [3.8, 4) is 0 Å². The molecule has 4 fully saturated rings. The molecular weight excluding hydrogens is 260 g/mol. The molecule has 122 valence electrons. The Balaban J connectivity index is 1.52. The number of hydrogen-bond donors (Lipinski definition) is 1. The summed E-state index contributed by atoms with van der Waals surface area (Å²) >= 11 is 0. The topological polar surface area (TPSA) is 26.7 Å². The lowest BCUT2D eigenvalue weighted by molar-refractivity contribution is -0.125. The Morgan fingerprint density at radius 3 is 1.95 bits per heavy atom. The fraction of sp³-hybridized carbons (Fsp3) is 1.00. The predicted molar refractivity (Wildman–Crippen MR) is 87.3 cm³/mol. The van der Waals surface area contributed by atoms with Crippen molar-refractivity contribution in [3.63, 3.8) is 0 Å². The van der Waals surface area contributed by atoms with Crippen molar-refractivity contribution in [2.45, 2.75) is 51.0 Å². The third-order valence-electron chi connectivity index (χ3n) is 6.42. The molecule has 0 amide bonds. The minimum atomic E-state index is -0.102. The van der Waals surface area contributed by atoms with Crippen LogP contribution in [0, 0.1) is 23.2 Å². The van der Waals surface area contributed by atoms with Crippen LogP contribution in [0.2, 0.25) is 0 Å². The second-order valence-electron chi connectivity index (χ2n) is 8.71. The summed E-state index contributed by atoms with van der Waals surface area (Å²) in [6, 6.07) is 0. The molecule has 0 aromatic rings. The molecule has 0 aromatic carbocycles. The Kier molecular flexibility index (Phi) is 4.63. The van der Waals surface area contributed by atoms with Crippen molar-refractivity contribution in [2.75, 3.05) is 40.8 Å². The van der Waals surface area contributed by atoms with E-state index in [9.17, 15) is 5.11 Å². The average Bonchev–Trinajstić information content (AvgIpc) is 2.36. The van der Waals surface area contributed by atoms with E-state index in [0.717, 1.165) is 37.4 Å². The quantitative estimate of drug-likeness (QED) is 0.781. The molecule has 3 heteroatoms. The third kappa shape index (κ3) is 3.46. The maximum atomic E-state index is 10.9. The van der Waals surface area contributed by atoms with Gasteiger partial charge in [-0.15, -0.1) is 0 Å². The van der Waals surface area contributed by atoms with Crippen molar-refractivity contribution >= 4 is 0 Å². The van der Waals surface area contributed by atoms with Crippen LogP contribution in [0.5, 0.6) is 0 Å². The second kappa shape index (κ2) is 6.17. The summed E-state index contributed by atoms with van der Waals surface area (Å²) in [5.74, 6) is 2.81. The molecule has 0 radical (unpaired) electrons. The Bertz CT molecular complexity index is 320. The van der Waals surface area contributed by atoms with Gasteiger partial charge in [-0.2, -0.15) is 0 Å². The zero-order chi connectivity index (χ0) is 15.0. The van der Waals surface area contributed by atoms with Crippen LogP contribution in [0.4, 0.5) is 0 Å². The van der Waals surface area contributed by atoms with Crippen LogP contribution in [0.25, 0.3) is 0 Å². The SMILES string of the molecule is CN(C)CCCN(C)CC(O)C12CC3CC(CC(C3)C1)C2. The molecule has 0 spiro atoms. The maximum Gasteiger partial charge on any atom is 0.0723 e. The van der Waals surface area contributed by atoms with E-state index in [2.05, 4.69) is 30.9 Å². The highest BCUT2D eigenvalue weighted by molar-refractivity contribution is 5.04. The van der Waals surface area contributed by atoms with E-state index in [-0.39, 0.29) is 11.5 Å². The van der Waals surface area contributed by atoms with Gasteiger partial charge < -0.3 is 14.9 Å². The predicted octanol–water partition coefficient (Wildman–Crippen LogP) is 2.45. The Hall–Kier alpha value is -0.120. The van der Waals surface area contributed by atoms with Crippen LogP contribution in [0.1, 0.15) is 44.9 Å². The van der Waals surface area contributed by atoms with Gasteiger partial charge in [0.05, 0.1) is 6.10 Å². The summed E-state index contributed by atoms with van der Waals surface area (Å²) in [4.78, 5) is 4.59. The minimum Gasteiger partial charge on any atom is -0.391 e. The molecule has 4 saturated carbocycles. The van der Waals surface area contributed by atoms with Crippen LogP contribution in [-0.4, -0.2) is 61.8 Å². The Morgan fingerprint density at radius 1 is 0.952 bits per heavy atom. The molecule has 1 atom stereocenters. The molecule has 3 nitrogen and oxygen atoms in total. The maximum absolute atomic E-state index is 10.9. The van der Waals surface area contributed by atoms with Gasteiger partial charge in [-0.1, -0.05) is 0 Å². The number of nitrogens with zero attached hydrogens (tertiary/aromatic N) is 2. The largest absolute Gasteiger partial charge is 0.391 e. The minimum absolute atomic E-state index is 0.102. The van der Waals surface area contributed by atoms with Crippen LogP contribution in [0.3, 0.4) is 0 Å². The number of aliphatic hydroxyl groups is 1. The van der Waals surface area contributed by atoms with Gasteiger partial charge in [-0.05, 0) is 102 Å². The van der Waals surface area contributed by atoms with E-state index in [1.54, 1.807) is 0 Å². The molecule has 0 aromatic heterocycles. The monoisotopic (exact) mass is 294 g/mol. The molecule has 1 unspecified atom stereocenters. The van der Waals surface area contributed by atoms with Crippen molar-refractivity contribution in [3.05, 3.63) is 0 Å². The molecule has 4 aliphatic rings. The zero-order valence-electron chi connectivity index (χ0n) is 14.2. The number of rotatable bonds is 7. The molecular formula is C18H34N2O. The highest BCUT2D eigenvalue weighted by Crippen LogP contribution is 2.61. The van der Waals surface area contributed by atoms with Gasteiger partial charge in [0.25, 0.3) is 0 Å². The smallest absolute Gasteiger partial charge is 0.0723 e. The Labute approximate surface area is 130 Å². The molecule has 4 aliphatic carbocycles. The highest BCUT2D eigenvalue weighted by atomic mass is 16.3. The lowest BCUT2D eigenvalue weighted by Crippen LogP contribution is -2.54. The van der Waals surface area contributed by atoms with Crippen molar-refractivity contribution in [1.29, 1.82) is 0 Å². The van der Waals surface area contributed by atoms with E-state index in [0.29, 0.717) is 0 Å². The van der Waals surface area contributed by atoms with E-state index < -0.39 is 0 Å². The molecule has 1 N–H and O–H groups in total. The lowest BCUT2D eigenvalue weighted by Gasteiger charge is -2.58. The Morgan fingerprint density at radius 2 is 1.48 bits per heavy atom. The molecule has 0 heterocycles. The third-order valence-corrected chi connectivity index (χ3v) is 6.42.